The lowest BCUT2D eigenvalue weighted by Crippen LogP contribution is -2.27. The Morgan fingerprint density at radius 1 is 0.935 bits per heavy atom. The largest absolute Gasteiger partial charge is 0.496 e. The molecule has 0 spiro atoms. The summed E-state index contributed by atoms with van der Waals surface area (Å²) in [7, 11) is 1.45. The Hall–Kier alpha value is -2.02. The molecule has 2 amide bonds. The number of amides is 2. The minimum absolute atomic E-state index is 0.0783. The number of methoxy groups -OCH3 is 1. The van der Waals surface area contributed by atoms with E-state index in [1.165, 1.54) is 42.8 Å². The van der Waals surface area contributed by atoms with E-state index in [0.29, 0.717) is 54.8 Å². The Bertz CT molecular complexity index is 713. The molecule has 2 N–H and O–H groups in total. The fourth-order valence-corrected chi connectivity index (χ4v) is 4.08. The number of ether oxygens (including phenoxy) is 3. The van der Waals surface area contributed by atoms with Gasteiger partial charge in [-0.15, -0.1) is 23.5 Å². The Balaban J connectivity index is 2.13. The summed E-state index contributed by atoms with van der Waals surface area (Å²) in [5, 5.41) is 16.9. The Morgan fingerprint density at radius 3 is 1.84 bits per heavy atom. The predicted octanol–water partition coefficient (Wildman–Crippen LogP) is 1.35. The summed E-state index contributed by atoms with van der Waals surface area (Å²) in [5.74, 6) is 1.84. The Morgan fingerprint density at radius 2 is 1.42 bits per heavy atom. The van der Waals surface area contributed by atoms with Crippen LogP contribution in [0.3, 0.4) is 0 Å². The number of carbonyl (C=O) groups is 2. The van der Waals surface area contributed by atoms with Gasteiger partial charge in [-0.3, -0.25) is 19.7 Å². The van der Waals surface area contributed by atoms with Gasteiger partial charge in [-0.05, 0) is 0 Å². The molecule has 0 aromatic heterocycles. The number of carbonyl (C=O) groups excluding carboxylic acids is 2. The van der Waals surface area contributed by atoms with Crippen LogP contribution in [0.4, 0.5) is 5.69 Å². The second-order valence-electron chi connectivity index (χ2n) is 6.44. The number of nitrogens with one attached hydrogen (secondary N) is 2. The highest BCUT2D eigenvalue weighted by Gasteiger charge is 2.18. The van der Waals surface area contributed by atoms with Crippen LogP contribution >= 0.6 is 23.5 Å². The van der Waals surface area contributed by atoms with Gasteiger partial charge in [0.15, 0.2) is 0 Å². The molecule has 172 valence electrons. The van der Waals surface area contributed by atoms with Gasteiger partial charge in [0.05, 0.1) is 50.0 Å². The van der Waals surface area contributed by atoms with Gasteiger partial charge in [0.25, 0.3) is 5.69 Å². The third kappa shape index (κ3) is 9.33. The molecule has 12 heteroatoms. The van der Waals surface area contributed by atoms with E-state index < -0.39 is 4.92 Å². The molecule has 1 aromatic carbocycles. The van der Waals surface area contributed by atoms with Gasteiger partial charge >= 0.3 is 0 Å². The summed E-state index contributed by atoms with van der Waals surface area (Å²) in [6.07, 6.45) is 0. The average Bonchev–Trinajstić information content (AvgIpc) is 2.75. The number of nitrogens with zero attached hydrogens (tertiary/aromatic N) is 1. The topological polar surface area (TPSA) is 129 Å². The van der Waals surface area contributed by atoms with Crippen LogP contribution in [0.5, 0.6) is 5.75 Å². The number of hydrogen-bond donors (Lipinski definition) is 2. The highest BCUT2D eigenvalue weighted by atomic mass is 32.2. The van der Waals surface area contributed by atoms with E-state index in [9.17, 15) is 19.7 Å². The summed E-state index contributed by atoms with van der Waals surface area (Å²) >= 11 is 2.88. The van der Waals surface area contributed by atoms with Crippen molar-refractivity contribution in [2.75, 3.05) is 56.5 Å². The molecule has 1 aromatic rings. The molecule has 0 radical (unpaired) electrons. The quantitative estimate of drug-likeness (QED) is 0.483. The first-order valence-electron chi connectivity index (χ1n) is 9.69. The molecule has 0 saturated heterocycles. The molecule has 31 heavy (non-hydrogen) atoms. The van der Waals surface area contributed by atoms with Gasteiger partial charge in [0.1, 0.15) is 5.75 Å². The van der Waals surface area contributed by atoms with Crippen LogP contribution in [0, 0.1) is 10.1 Å². The van der Waals surface area contributed by atoms with E-state index in [0.717, 1.165) is 0 Å². The maximum atomic E-state index is 12.1. The number of benzene rings is 1. The number of thioether (sulfide) groups is 2. The second kappa shape index (κ2) is 14.1. The zero-order chi connectivity index (χ0) is 22.5. The maximum absolute atomic E-state index is 12.1. The lowest BCUT2D eigenvalue weighted by atomic mass is 10.1. The number of nitro groups is 1. The van der Waals surface area contributed by atoms with E-state index in [2.05, 4.69) is 10.6 Å². The van der Waals surface area contributed by atoms with E-state index in [1.54, 1.807) is 0 Å². The van der Waals surface area contributed by atoms with Gasteiger partial charge < -0.3 is 24.8 Å². The van der Waals surface area contributed by atoms with Crippen molar-refractivity contribution >= 4 is 41.0 Å². The van der Waals surface area contributed by atoms with Crippen molar-refractivity contribution in [2.45, 2.75) is 13.1 Å². The molecule has 1 aliphatic rings. The van der Waals surface area contributed by atoms with Crippen molar-refractivity contribution < 1.29 is 28.7 Å². The smallest absolute Gasteiger partial charge is 0.270 e. The SMILES string of the molecule is COc1c2cc([N+](=O)[O-])cc1CNC(=O)CSCCOCCOCCSCC(=O)NC2. The summed E-state index contributed by atoms with van der Waals surface area (Å²) in [5.41, 5.74) is 0.811. The van der Waals surface area contributed by atoms with Crippen molar-refractivity contribution in [3.8, 4) is 5.75 Å². The molecule has 2 rings (SSSR count). The van der Waals surface area contributed by atoms with Crippen LogP contribution in [0.1, 0.15) is 11.1 Å². The molecular formula is C19H27N3O7S2. The molecule has 2 bridgehead atoms. The van der Waals surface area contributed by atoms with Crippen LogP contribution in [0.25, 0.3) is 0 Å². The minimum Gasteiger partial charge on any atom is -0.496 e. The maximum Gasteiger partial charge on any atom is 0.270 e. The fraction of sp³-hybridized carbons (Fsp3) is 0.579. The van der Waals surface area contributed by atoms with E-state index in [1.807, 2.05) is 0 Å². The summed E-state index contributed by atoms with van der Waals surface area (Å²) in [6, 6.07) is 2.74. The highest BCUT2D eigenvalue weighted by Crippen LogP contribution is 2.29. The molecule has 0 saturated carbocycles. The third-order valence-electron chi connectivity index (χ3n) is 4.18. The predicted molar refractivity (Wildman–Crippen MR) is 120 cm³/mol. The van der Waals surface area contributed by atoms with Gasteiger partial charge in [0.2, 0.25) is 11.8 Å². The van der Waals surface area contributed by atoms with Crippen molar-refractivity contribution in [3.05, 3.63) is 33.4 Å². The molecule has 1 heterocycles. The van der Waals surface area contributed by atoms with Crippen molar-refractivity contribution in [2.24, 2.45) is 0 Å². The van der Waals surface area contributed by atoms with E-state index in [-0.39, 0.29) is 42.1 Å². The normalized spacial score (nSPS) is 18.2. The third-order valence-corrected chi connectivity index (χ3v) is 6.02. The van der Waals surface area contributed by atoms with Crippen molar-refractivity contribution in [1.82, 2.24) is 10.6 Å². The number of fused-ring (bicyclic) bond motifs is 2. The molecule has 0 aliphatic carbocycles. The number of hydrogen-bond acceptors (Lipinski definition) is 9. The summed E-state index contributed by atoms with van der Waals surface area (Å²) in [4.78, 5) is 35.1. The fourth-order valence-electron chi connectivity index (χ4n) is 2.74. The van der Waals surface area contributed by atoms with Gasteiger partial charge in [-0.25, -0.2) is 0 Å². The van der Waals surface area contributed by atoms with E-state index in [4.69, 9.17) is 14.2 Å². The van der Waals surface area contributed by atoms with Crippen LogP contribution in [0.15, 0.2) is 12.1 Å². The molecular weight excluding hydrogens is 446 g/mol. The minimum atomic E-state index is -0.511. The summed E-state index contributed by atoms with van der Waals surface area (Å²) in [6.45, 7) is 2.14. The summed E-state index contributed by atoms with van der Waals surface area (Å²) < 4.78 is 16.3. The first-order chi connectivity index (χ1) is 15.0. The van der Waals surface area contributed by atoms with Crippen LogP contribution in [-0.4, -0.2) is 73.3 Å². The molecule has 10 nitrogen and oxygen atoms in total. The second-order valence-corrected chi connectivity index (χ2v) is 8.65. The zero-order valence-corrected chi connectivity index (χ0v) is 19.0. The number of non-ortho nitro benzene ring substituents is 1. The van der Waals surface area contributed by atoms with Gasteiger partial charge in [-0.1, -0.05) is 0 Å². The van der Waals surface area contributed by atoms with Crippen molar-refractivity contribution in [1.29, 1.82) is 0 Å². The van der Waals surface area contributed by atoms with Crippen LogP contribution in [0.2, 0.25) is 0 Å². The Kier molecular flexibility index (Phi) is 11.5. The lowest BCUT2D eigenvalue weighted by Gasteiger charge is -2.15. The molecule has 0 atom stereocenters. The number of rotatable bonds is 2. The average molecular weight is 474 g/mol. The molecule has 0 unspecified atom stereocenters. The first kappa shape index (κ1) is 25.2. The van der Waals surface area contributed by atoms with E-state index >= 15 is 0 Å². The number of nitro benzene ring substituents is 1. The van der Waals surface area contributed by atoms with Crippen LogP contribution < -0.4 is 15.4 Å². The lowest BCUT2D eigenvalue weighted by molar-refractivity contribution is -0.385. The van der Waals surface area contributed by atoms with Gasteiger partial charge in [-0.2, -0.15) is 0 Å². The Labute approximate surface area is 189 Å². The van der Waals surface area contributed by atoms with Crippen LogP contribution in [-0.2, 0) is 32.2 Å². The van der Waals surface area contributed by atoms with Gasteiger partial charge in [0, 0.05) is 47.9 Å². The first-order valence-corrected chi connectivity index (χ1v) is 12.0. The zero-order valence-electron chi connectivity index (χ0n) is 17.3. The molecule has 1 aliphatic heterocycles. The standard InChI is InChI=1S/C19H27N3O7S2/c1-27-19-14-8-16(22(25)26)9-15(19)11-21-18(24)13-31-7-5-29-3-2-28-4-6-30-12-17(23)20-10-14/h8-9H,2-7,10-13H2,1H3,(H,20,23)(H,21,24). The van der Waals surface area contributed by atoms with Crippen molar-refractivity contribution in [3.63, 3.8) is 0 Å². The molecule has 0 fully saturated rings. The monoisotopic (exact) mass is 473 g/mol. The highest BCUT2D eigenvalue weighted by molar-refractivity contribution is 8.00.